The zero-order valence-electron chi connectivity index (χ0n) is 12.9. The molecule has 6 heteroatoms. The Morgan fingerprint density at radius 1 is 1.33 bits per heavy atom. The summed E-state index contributed by atoms with van der Waals surface area (Å²) >= 11 is 0. The highest BCUT2D eigenvalue weighted by Crippen LogP contribution is 2.15. The van der Waals surface area contributed by atoms with Crippen LogP contribution in [0.15, 0.2) is 4.79 Å². The average Bonchev–Trinajstić information content (AvgIpc) is 2.93. The number of aromatic nitrogens is 2. The number of hydrogen-bond acceptors (Lipinski definition) is 4. The molecule has 0 aromatic carbocycles. The van der Waals surface area contributed by atoms with Gasteiger partial charge in [0.1, 0.15) is 0 Å². The Balaban J connectivity index is 2.29. The number of hydrogen-bond donors (Lipinski definition) is 1. The molecule has 1 fully saturated rings. The standard InChI is InChI=1S/C15H23N3O3/c1-10(17-6-4-5-7-17)9-18-12(3)13(8-14(19)20)11(2)16-15(18)21/h10H,4-9H2,1-3H3,(H,19,20). The lowest BCUT2D eigenvalue weighted by molar-refractivity contribution is -0.136. The maximum Gasteiger partial charge on any atom is 0.348 e. The number of aliphatic carboxylic acids is 1. The van der Waals surface area contributed by atoms with Gasteiger partial charge in [-0.2, -0.15) is 4.98 Å². The van der Waals surface area contributed by atoms with Gasteiger partial charge >= 0.3 is 11.7 Å². The molecule has 0 spiro atoms. The number of nitrogens with zero attached hydrogens (tertiary/aromatic N) is 3. The molecule has 1 aromatic heterocycles. The zero-order chi connectivity index (χ0) is 15.6. The molecule has 0 aliphatic carbocycles. The zero-order valence-corrected chi connectivity index (χ0v) is 12.9. The average molecular weight is 293 g/mol. The first-order valence-electron chi connectivity index (χ1n) is 7.43. The summed E-state index contributed by atoms with van der Waals surface area (Å²) in [6.07, 6.45) is 2.31. The lowest BCUT2D eigenvalue weighted by atomic mass is 10.1. The molecule has 1 aliphatic rings. The van der Waals surface area contributed by atoms with Crippen molar-refractivity contribution >= 4 is 5.97 Å². The number of aryl methyl sites for hydroxylation is 1. The molecular formula is C15H23N3O3. The minimum atomic E-state index is -0.902. The van der Waals surface area contributed by atoms with Crippen molar-refractivity contribution in [1.29, 1.82) is 0 Å². The van der Waals surface area contributed by atoms with Crippen LogP contribution in [0.2, 0.25) is 0 Å². The Hall–Kier alpha value is -1.69. The Bertz CT molecular complexity index is 589. The summed E-state index contributed by atoms with van der Waals surface area (Å²) in [6, 6.07) is 0.256. The number of carboxylic acids is 1. The van der Waals surface area contributed by atoms with Crippen LogP contribution in [0.5, 0.6) is 0 Å². The molecule has 1 aromatic rings. The highest BCUT2D eigenvalue weighted by molar-refractivity contribution is 5.70. The van der Waals surface area contributed by atoms with E-state index >= 15 is 0 Å². The second-order valence-electron chi connectivity index (χ2n) is 5.82. The second-order valence-corrected chi connectivity index (χ2v) is 5.82. The first-order chi connectivity index (χ1) is 9.90. The van der Waals surface area contributed by atoms with E-state index in [-0.39, 0.29) is 18.2 Å². The van der Waals surface area contributed by atoms with E-state index in [9.17, 15) is 9.59 Å². The fraction of sp³-hybridized carbons (Fsp3) is 0.667. The number of carboxylic acid groups (broad SMARTS) is 1. The Kier molecular flexibility index (Phi) is 4.77. The number of carbonyl (C=O) groups is 1. The quantitative estimate of drug-likeness (QED) is 0.875. The minimum absolute atomic E-state index is 0.0942. The summed E-state index contributed by atoms with van der Waals surface area (Å²) in [4.78, 5) is 29.5. The molecule has 0 amide bonds. The van der Waals surface area contributed by atoms with Gasteiger partial charge in [0, 0.05) is 29.5 Å². The van der Waals surface area contributed by atoms with Crippen LogP contribution in [0.1, 0.15) is 36.7 Å². The van der Waals surface area contributed by atoms with E-state index in [0.29, 0.717) is 17.8 Å². The minimum Gasteiger partial charge on any atom is -0.481 e. The summed E-state index contributed by atoms with van der Waals surface area (Å²) in [5.41, 5.74) is 1.60. The smallest absolute Gasteiger partial charge is 0.348 e. The van der Waals surface area contributed by atoms with Gasteiger partial charge in [-0.25, -0.2) is 4.79 Å². The van der Waals surface area contributed by atoms with E-state index in [1.54, 1.807) is 11.5 Å². The predicted molar refractivity (Wildman–Crippen MR) is 79.6 cm³/mol. The molecule has 1 aliphatic heterocycles. The number of rotatable bonds is 5. The van der Waals surface area contributed by atoms with Gasteiger partial charge in [0.05, 0.1) is 6.42 Å². The van der Waals surface area contributed by atoms with E-state index in [4.69, 9.17) is 5.11 Å². The fourth-order valence-electron chi connectivity index (χ4n) is 3.02. The second kappa shape index (κ2) is 6.39. The van der Waals surface area contributed by atoms with Crippen molar-refractivity contribution in [1.82, 2.24) is 14.5 Å². The maximum atomic E-state index is 12.1. The van der Waals surface area contributed by atoms with Gasteiger partial charge in [0.2, 0.25) is 0 Å². The molecule has 0 saturated carbocycles. The van der Waals surface area contributed by atoms with Crippen LogP contribution in [0, 0.1) is 13.8 Å². The molecule has 1 saturated heterocycles. The van der Waals surface area contributed by atoms with E-state index in [0.717, 1.165) is 18.8 Å². The number of likely N-dealkylation sites (tertiary alicyclic amines) is 1. The highest BCUT2D eigenvalue weighted by atomic mass is 16.4. The maximum absolute atomic E-state index is 12.1. The van der Waals surface area contributed by atoms with Crippen LogP contribution in [-0.4, -0.2) is 44.7 Å². The predicted octanol–water partition coefficient (Wildman–Crippen LogP) is 0.972. The van der Waals surface area contributed by atoms with E-state index in [1.807, 2.05) is 6.92 Å². The third-order valence-electron chi connectivity index (χ3n) is 4.31. The fourth-order valence-corrected chi connectivity index (χ4v) is 3.02. The molecule has 2 heterocycles. The van der Waals surface area contributed by atoms with Crippen LogP contribution in [0.4, 0.5) is 0 Å². The molecule has 6 nitrogen and oxygen atoms in total. The van der Waals surface area contributed by atoms with Crippen LogP contribution in [0.3, 0.4) is 0 Å². The Labute approximate surface area is 124 Å². The molecule has 0 bridgehead atoms. The molecule has 1 N–H and O–H groups in total. The first kappa shape index (κ1) is 15.7. The summed E-state index contributed by atoms with van der Waals surface area (Å²) < 4.78 is 1.62. The van der Waals surface area contributed by atoms with Crippen molar-refractivity contribution in [2.75, 3.05) is 13.1 Å². The molecule has 1 atom stereocenters. The molecule has 116 valence electrons. The third-order valence-corrected chi connectivity index (χ3v) is 4.31. The van der Waals surface area contributed by atoms with Gasteiger partial charge in [-0.1, -0.05) is 0 Å². The third kappa shape index (κ3) is 3.50. The van der Waals surface area contributed by atoms with Gasteiger partial charge < -0.3 is 5.11 Å². The summed E-state index contributed by atoms with van der Waals surface area (Å²) in [5.74, 6) is -0.902. The monoisotopic (exact) mass is 293 g/mol. The SMILES string of the molecule is Cc1nc(=O)n(CC(C)N2CCCC2)c(C)c1CC(=O)O. The van der Waals surface area contributed by atoms with E-state index in [1.165, 1.54) is 12.8 Å². The van der Waals surface area contributed by atoms with Crippen LogP contribution >= 0.6 is 0 Å². The van der Waals surface area contributed by atoms with Crippen molar-refractivity contribution < 1.29 is 9.90 Å². The first-order valence-corrected chi connectivity index (χ1v) is 7.43. The van der Waals surface area contributed by atoms with Crippen molar-refractivity contribution in [3.05, 3.63) is 27.4 Å². The van der Waals surface area contributed by atoms with Crippen molar-refractivity contribution in [2.45, 2.75) is 52.6 Å². The van der Waals surface area contributed by atoms with Gasteiger partial charge in [-0.15, -0.1) is 0 Å². The van der Waals surface area contributed by atoms with Crippen LogP contribution < -0.4 is 5.69 Å². The van der Waals surface area contributed by atoms with Crippen LogP contribution in [-0.2, 0) is 17.8 Å². The van der Waals surface area contributed by atoms with E-state index < -0.39 is 5.97 Å². The van der Waals surface area contributed by atoms with Crippen molar-refractivity contribution in [3.63, 3.8) is 0 Å². The molecular weight excluding hydrogens is 270 g/mol. The van der Waals surface area contributed by atoms with Gasteiger partial charge in [0.15, 0.2) is 0 Å². The largest absolute Gasteiger partial charge is 0.481 e. The lowest BCUT2D eigenvalue weighted by Gasteiger charge is -2.25. The molecule has 2 rings (SSSR count). The normalized spacial score (nSPS) is 17.1. The van der Waals surface area contributed by atoms with Gasteiger partial charge in [-0.3, -0.25) is 14.3 Å². The summed E-state index contributed by atoms with van der Waals surface area (Å²) in [6.45, 7) is 8.30. The van der Waals surface area contributed by atoms with E-state index in [2.05, 4.69) is 16.8 Å². The Morgan fingerprint density at radius 2 is 1.95 bits per heavy atom. The molecule has 21 heavy (non-hydrogen) atoms. The summed E-state index contributed by atoms with van der Waals surface area (Å²) in [5, 5.41) is 9.01. The lowest BCUT2D eigenvalue weighted by Crippen LogP contribution is -2.39. The van der Waals surface area contributed by atoms with Gasteiger partial charge in [0.25, 0.3) is 0 Å². The topological polar surface area (TPSA) is 75.4 Å². The van der Waals surface area contributed by atoms with Crippen molar-refractivity contribution in [2.24, 2.45) is 0 Å². The molecule has 0 radical (unpaired) electrons. The molecule has 1 unspecified atom stereocenters. The van der Waals surface area contributed by atoms with Crippen LogP contribution in [0.25, 0.3) is 0 Å². The summed E-state index contributed by atoms with van der Waals surface area (Å²) in [7, 11) is 0. The van der Waals surface area contributed by atoms with Crippen molar-refractivity contribution in [3.8, 4) is 0 Å². The highest BCUT2D eigenvalue weighted by Gasteiger charge is 2.21. The Morgan fingerprint density at radius 3 is 2.52 bits per heavy atom. The van der Waals surface area contributed by atoms with Gasteiger partial charge in [-0.05, 0) is 46.7 Å².